The lowest BCUT2D eigenvalue weighted by Crippen LogP contribution is -2.44. The number of esters is 1. The number of hydrogen-bond donors (Lipinski definition) is 2. The van der Waals surface area contributed by atoms with Gasteiger partial charge < -0.3 is 29.7 Å². The van der Waals surface area contributed by atoms with Gasteiger partial charge in [0.15, 0.2) is 0 Å². The molecule has 0 aromatic heterocycles. The molecule has 27 heavy (non-hydrogen) atoms. The molecule has 0 spiro atoms. The molecule has 10 heteroatoms. The summed E-state index contributed by atoms with van der Waals surface area (Å²) < 4.78 is 14.5. The molecular weight excluding hydrogens is 358 g/mol. The summed E-state index contributed by atoms with van der Waals surface area (Å²) in [5.41, 5.74) is -0.716. The predicted octanol–water partition coefficient (Wildman–Crippen LogP) is 1.04. The zero-order chi connectivity index (χ0) is 21.0. The number of rotatable bonds is 9. The second-order valence-corrected chi connectivity index (χ2v) is 6.72. The summed E-state index contributed by atoms with van der Waals surface area (Å²) in [5, 5.41) is 4.92. The first-order chi connectivity index (χ1) is 12.5. The molecule has 0 radical (unpaired) electrons. The van der Waals surface area contributed by atoms with Gasteiger partial charge in [0.1, 0.15) is 11.6 Å². The number of nitrogens with zero attached hydrogens (tertiary/aromatic N) is 1. The van der Waals surface area contributed by atoms with Crippen molar-refractivity contribution in [2.75, 3.05) is 33.9 Å². The third kappa shape index (κ3) is 11.7. The molecule has 10 nitrogen and oxygen atoms in total. The van der Waals surface area contributed by atoms with Gasteiger partial charge in [0.05, 0.1) is 13.7 Å². The fourth-order valence-electron chi connectivity index (χ4n) is 1.93. The van der Waals surface area contributed by atoms with Crippen molar-refractivity contribution in [2.45, 2.75) is 52.2 Å². The van der Waals surface area contributed by atoms with Crippen LogP contribution >= 0.6 is 0 Å². The van der Waals surface area contributed by atoms with Crippen molar-refractivity contribution in [1.29, 1.82) is 0 Å². The van der Waals surface area contributed by atoms with Gasteiger partial charge in [0.2, 0.25) is 5.91 Å². The maximum Gasteiger partial charge on any atom is 0.408 e. The Morgan fingerprint density at radius 3 is 2.26 bits per heavy atom. The first-order valence-electron chi connectivity index (χ1n) is 8.72. The Labute approximate surface area is 159 Å². The second-order valence-electron chi connectivity index (χ2n) is 6.72. The molecule has 2 N–H and O–H groups in total. The van der Waals surface area contributed by atoms with Crippen molar-refractivity contribution < 1.29 is 33.4 Å². The van der Waals surface area contributed by atoms with E-state index in [1.54, 1.807) is 34.7 Å². The summed E-state index contributed by atoms with van der Waals surface area (Å²) in [6, 6.07) is -1.00. The number of hydrogen-bond acceptors (Lipinski definition) is 7. The highest BCUT2D eigenvalue weighted by Crippen LogP contribution is 2.09. The highest BCUT2D eigenvalue weighted by molar-refractivity contribution is 5.83. The molecule has 0 aliphatic rings. The molecule has 0 bridgehead atoms. The van der Waals surface area contributed by atoms with Crippen LogP contribution in [0.15, 0.2) is 0 Å². The topological polar surface area (TPSA) is 123 Å². The van der Waals surface area contributed by atoms with Crippen molar-refractivity contribution in [3.05, 3.63) is 0 Å². The maximum absolute atomic E-state index is 12.2. The molecule has 3 amide bonds. The number of nitrogens with one attached hydrogen (secondary N) is 2. The van der Waals surface area contributed by atoms with Gasteiger partial charge >= 0.3 is 18.2 Å². The molecule has 0 fully saturated rings. The molecule has 0 aromatic carbocycles. The minimum absolute atomic E-state index is 0.00543. The average molecular weight is 389 g/mol. The number of alkyl carbamates (subject to hydrolysis) is 2. The van der Waals surface area contributed by atoms with Crippen LogP contribution in [0.25, 0.3) is 0 Å². The van der Waals surface area contributed by atoms with Crippen LogP contribution in [-0.2, 0) is 23.8 Å². The minimum atomic E-state index is -1.00. The molecule has 0 saturated heterocycles. The summed E-state index contributed by atoms with van der Waals surface area (Å²) in [6.07, 6.45) is -1.26. The molecule has 0 heterocycles. The molecule has 1 atom stereocenters. The predicted molar refractivity (Wildman–Crippen MR) is 97.1 cm³/mol. The number of ether oxygens (including phenoxy) is 3. The standard InChI is InChI=1S/C17H31N3O7/c1-7-26-15(23)18-10-11-20(5)13(21)9-8-12(14(22)25-6)19-16(24)27-17(2,3)4/h12H,7-11H2,1-6H3,(H,18,23)(H,19,24)/t12-/m1/s1. The van der Waals surface area contributed by atoms with E-state index in [2.05, 4.69) is 15.4 Å². The van der Waals surface area contributed by atoms with Crippen LogP contribution in [0.4, 0.5) is 9.59 Å². The van der Waals surface area contributed by atoms with E-state index >= 15 is 0 Å². The van der Waals surface area contributed by atoms with Crippen molar-refractivity contribution >= 4 is 24.1 Å². The number of likely N-dealkylation sites (N-methyl/N-ethyl adjacent to an activating group) is 1. The Morgan fingerprint density at radius 1 is 1.11 bits per heavy atom. The van der Waals surface area contributed by atoms with Crippen LogP contribution in [0.1, 0.15) is 40.5 Å². The van der Waals surface area contributed by atoms with E-state index in [1.807, 2.05) is 0 Å². The first kappa shape index (κ1) is 24.5. The Kier molecular flexibility index (Phi) is 10.9. The van der Waals surface area contributed by atoms with Gasteiger partial charge in [-0.05, 0) is 34.1 Å². The van der Waals surface area contributed by atoms with Crippen LogP contribution in [-0.4, -0.2) is 74.5 Å². The van der Waals surface area contributed by atoms with Gasteiger partial charge in [-0.25, -0.2) is 14.4 Å². The molecule has 0 rings (SSSR count). The highest BCUT2D eigenvalue weighted by atomic mass is 16.6. The lowest BCUT2D eigenvalue weighted by Gasteiger charge is -2.23. The molecule has 156 valence electrons. The fourth-order valence-corrected chi connectivity index (χ4v) is 1.93. The lowest BCUT2D eigenvalue weighted by atomic mass is 10.1. The van der Waals surface area contributed by atoms with Gasteiger partial charge in [-0.1, -0.05) is 0 Å². The summed E-state index contributed by atoms with van der Waals surface area (Å²) in [7, 11) is 2.77. The van der Waals surface area contributed by atoms with E-state index in [1.165, 1.54) is 12.0 Å². The monoisotopic (exact) mass is 389 g/mol. The van der Waals surface area contributed by atoms with Crippen LogP contribution in [0.3, 0.4) is 0 Å². The van der Waals surface area contributed by atoms with E-state index < -0.39 is 29.8 Å². The molecule has 0 unspecified atom stereocenters. The summed E-state index contributed by atoms with van der Waals surface area (Å²) in [6.45, 7) is 7.56. The third-order valence-corrected chi connectivity index (χ3v) is 3.24. The molecule has 0 aromatic rings. The van der Waals surface area contributed by atoms with Crippen molar-refractivity contribution in [2.24, 2.45) is 0 Å². The van der Waals surface area contributed by atoms with Crippen molar-refractivity contribution in [3.8, 4) is 0 Å². The highest BCUT2D eigenvalue weighted by Gasteiger charge is 2.26. The Hall–Kier alpha value is -2.52. The Morgan fingerprint density at radius 2 is 1.74 bits per heavy atom. The molecule has 0 saturated carbocycles. The molecule has 0 aliphatic carbocycles. The number of carbonyl (C=O) groups is 4. The normalized spacial score (nSPS) is 11.8. The second kappa shape index (κ2) is 12.0. The Bertz CT molecular complexity index is 517. The van der Waals surface area contributed by atoms with Gasteiger partial charge in [0, 0.05) is 26.6 Å². The van der Waals surface area contributed by atoms with Crippen molar-refractivity contribution in [3.63, 3.8) is 0 Å². The van der Waals surface area contributed by atoms with E-state index in [-0.39, 0.29) is 38.4 Å². The smallest absolute Gasteiger partial charge is 0.408 e. The van der Waals surface area contributed by atoms with Gasteiger partial charge in [0.25, 0.3) is 0 Å². The first-order valence-corrected chi connectivity index (χ1v) is 8.72. The van der Waals surface area contributed by atoms with Crippen LogP contribution in [0.2, 0.25) is 0 Å². The maximum atomic E-state index is 12.2. The van der Waals surface area contributed by atoms with Gasteiger partial charge in [-0.2, -0.15) is 0 Å². The van der Waals surface area contributed by atoms with E-state index in [0.29, 0.717) is 0 Å². The fraction of sp³-hybridized carbons (Fsp3) is 0.765. The van der Waals surface area contributed by atoms with E-state index in [4.69, 9.17) is 9.47 Å². The average Bonchev–Trinajstić information content (AvgIpc) is 2.55. The van der Waals surface area contributed by atoms with Crippen LogP contribution in [0, 0.1) is 0 Å². The quantitative estimate of drug-likeness (QED) is 0.446. The van der Waals surface area contributed by atoms with Crippen LogP contribution in [0.5, 0.6) is 0 Å². The van der Waals surface area contributed by atoms with Crippen LogP contribution < -0.4 is 10.6 Å². The number of methoxy groups -OCH3 is 1. The van der Waals surface area contributed by atoms with Gasteiger partial charge in [-0.15, -0.1) is 0 Å². The van der Waals surface area contributed by atoms with E-state index in [9.17, 15) is 19.2 Å². The zero-order valence-corrected chi connectivity index (χ0v) is 16.9. The van der Waals surface area contributed by atoms with E-state index in [0.717, 1.165) is 0 Å². The SMILES string of the molecule is CCOC(=O)NCCN(C)C(=O)CC[C@@H](NC(=O)OC(C)(C)C)C(=O)OC. The summed E-state index contributed by atoms with van der Waals surface area (Å²) in [5.74, 6) is -0.916. The zero-order valence-electron chi connectivity index (χ0n) is 16.9. The molecule has 0 aliphatic heterocycles. The summed E-state index contributed by atoms with van der Waals surface area (Å²) >= 11 is 0. The summed E-state index contributed by atoms with van der Waals surface area (Å²) in [4.78, 5) is 48.4. The molecular formula is C17H31N3O7. The third-order valence-electron chi connectivity index (χ3n) is 3.24. The number of amides is 3. The lowest BCUT2D eigenvalue weighted by molar-refractivity contribution is -0.143. The minimum Gasteiger partial charge on any atom is -0.467 e. The van der Waals surface area contributed by atoms with Crippen molar-refractivity contribution in [1.82, 2.24) is 15.5 Å². The van der Waals surface area contributed by atoms with Gasteiger partial charge in [-0.3, -0.25) is 4.79 Å². The number of carbonyl (C=O) groups excluding carboxylic acids is 4. The Balaban J connectivity index is 4.47. The largest absolute Gasteiger partial charge is 0.467 e.